The summed E-state index contributed by atoms with van der Waals surface area (Å²) >= 11 is 0. The number of hydrogen-bond acceptors (Lipinski definition) is 7. The molecule has 1 aliphatic carbocycles. The Kier molecular flexibility index (Phi) is 6.06. The number of rotatable bonds is 8. The smallest absolute Gasteiger partial charge is 0.410 e. The van der Waals surface area contributed by atoms with E-state index in [1.54, 1.807) is 7.11 Å². The van der Waals surface area contributed by atoms with Gasteiger partial charge < -0.3 is 33.7 Å². The molecule has 0 aromatic rings. The molecule has 4 aliphatic rings. The van der Waals surface area contributed by atoms with Gasteiger partial charge in [-0.05, 0) is 40.0 Å². The molecule has 9 heteroatoms. The van der Waals surface area contributed by atoms with E-state index in [9.17, 15) is 9.59 Å². The number of epoxide rings is 2. The van der Waals surface area contributed by atoms with Crippen LogP contribution in [0.2, 0.25) is 0 Å². The summed E-state index contributed by atoms with van der Waals surface area (Å²) in [6.45, 7) is 7.25. The van der Waals surface area contributed by atoms with Gasteiger partial charge >= 0.3 is 12.1 Å². The Hall–Kier alpha value is -1.68. The van der Waals surface area contributed by atoms with Crippen LogP contribution in [0.1, 0.15) is 40.0 Å². The molecule has 4 rings (SSSR count). The molecule has 0 radical (unpaired) electrons. The Labute approximate surface area is 182 Å². The highest BCUT2D eigenvalue weighted by Crippen LogP contribution is 2.59. The van der Waals surface area contributed by atoms with Crippen LogP contribution in [0.5, 0.6) is 0 Å². The second kappa shape index (κ2) is 8.35. The van der Waals surface area contributed by atoms with E-state index >= 15 is 0 Å². The van der Waals surface area contributed by atoms with Gasteiger partial charge in [0.05, 0.1) is 37.8 Å². The summed E-state index contributed by atoms with van der Waals surface area (Å²) in [4.78, 5) is 24.8. The van der Waals surface area contributed by atoms with Crippen molar-refractivity contribution >= 4 is 12.1 Å². The number of ether oxygens (including phenoxy) is 5. The fourth-order valence-electron chi connectivity index (χ4n) is 5.16. The van der Waals surface area contributed by atoms with Gasteiger partial charge in [0.25, 0.3) is 0 Å². The van der Waals surface area contributed by atoms with Crippen LogP contribution < -0.4 is 0 Å². The average molecular weight is 440 g/mol. The second-order valence-electron chi connectivity index (χ2n) is 9.53. The molecule has 9 nitrogen and oxygen atoms in total. The number of hydrogen-bond donors (Lipinski definition) is 1. The lowest BCUT2D eigenvalue weighted by molar-refractivity contribution is -0.149. The summed E-state index contributed by atoms with van der Waals surface area (Å²) in [5, 5.41) is 8.68. The van der Waals surface area contributed by atoms with Crippen molar-refractivity contribution in [1.29, 1.82) is 0 Å². The van der Waals surface area contributed by atoms with Crippen molar-refractivity contribution in [3.63, 3.8) is 0 Å². The highest BCUT2D eigenvalue weighted by molar-refractivity contribution is 5.69. The summed E-state index contributed by atoms with van der Waals surface area (Å²) in [6.07, 6.45) is 3.21. The van der Waals surface area contributed by atoms with E-state index in [1.807, 2.05) is 0 Å². The largest absolute Gasteiger partial charge is 0.480 e. The third-order valence-electron chi connectivity index (χ3n) is 7.04. The minimum absolute atomic E-state index is 0.0184. The van der Waals surface area contributed by atoms with Crippen molar-refractivity contribution in [2.45, 2.75) is 75.7 Å². The normalized spacial score (nSPS) is 39.0. The molecule has 3 heterocycles. The molecule has 4 fully saturated rings. The summed E-state index contributed by atoms with van der Waals surface area (Å²) in [7, 11) is 1.65. The number of carboxylic acid groups (broad SMARTS) is 1. The maximum Gasteiger partial charge on any atom is 0.410 e. The van der Waals surface area contributed by atoms with Crippen molar-refractivity contribution < 1.29 is 38.4 Å². The van der Waals surface area contributed by atoms with Crippen LogP contribution in [0.25, 0.3) is 0 Å². The van der Waals surface area contributed by atoms with Gasteiger partial charge in [-0.2, -0.15) is 0 Å². The first-order chi connectivity index (χ1) is 14.7. The van der Waals surface area contributed by atoms with E-state index in [0.29, 0.717) is 26.1 Å². The topological polar surface area (TPSA) is 110 Å². The minimum atomic E-state index is -1.02. The molecule has 6 atom stereocenters. The minimum Gasteiger partial charge on any atom is -0.480 e. The lowest BCUT2D eigenvalue weighted by atomic mass is 9.68. The second-order valence-corrected chi connectivity index (χ2v) is 9.53. The summed E-state index contributed by atoms with van der Waals surface area (Å²) < 4.78 is 29.0. The fourth-order valence-corrected chi connectivity index (χ4v) is 5.16. The highest BCUT2D eigenvalue weighted by Gasteiger charge is 2.72. The molecule has 3 aliphatic heterocycles. The van der Waals surface area contributed by atoms with Gasteiger partial charge in [-0.25, -0.2) is 9.59 Å². The van der Waals surface area contributed by atoms with Crippen LogP contribution >= 0.6 is 0 Å². The molecule has 3 saturated heterocycles. The number of allylic oxidation sites excluding steroid dienone is 1. The maximum atomic E-state index is 12.6. The van der Waals surface area contributed by atoms with E-state index in [-0.39, 0.29) is 48.1 Å². The van der Waals surface area contributed by atoms with E-state index < -0.39 is 12.1 Å². The average Bonchev–Trinajstić information content (AvgIpc) is 3.57. The van der Waals surface area contributed by atoms with Gasteiger partial charge in [0.1, 0.15) is 30.0 Å². The van der Waals surface area contributed by atoms with E-state index in [4.69, 9.17) is 28.8 Å². The first-order valence-corrected chi connectivity index (χ1v) is 11.0. The number of likely N-dealkylation sites (tertiary alicyclic amines) is 1. The Morgan fingerprint density at radius 1 is 1.29 bits per heavy atom. The Morgan fingerprint density at radius 3 is 2.58 bits per heavy atom. The zero-order valence-electron chi connectivity index (χ0n) is 18.7. The van der Waals surface area contributed by atoms with Crippen molar-refractivity contribution in [2.75, 3.05) is 33.4 Å². The molecule has 174 valence electrons. The van der Waals surface area contributed by atoms with Gasteiger partial charge in [-0.1, -0.05) is 11.6 Å². The Bertz CT molecular complexity index is 740. The van der Waals surface area contributed by atoms with Gasteiger partial charge in [-0.3, -0.25) is 0 Å². The van der Waals surface area contributed by atoms with Crippen LogP contribution in [0.3, 0.4) is 0 Å². The molecular weight excluding hydrogens is 406 g/mol. The van der Waals surface area contributed by atoms with Crippen molar-refractivity contribution in [3.8, 4) is 0 Å². The monoisotopic (exact) mass is 439 g/mol. The first kappa shape index (κ1) is 22.5. The number of carbonyl (C=O) groups excluding carboxylic acids is 1. The Balaban J connectivity index is 1.37. The quantitative estimate of drug-likeness (QED) is 0.452. The number of aliphatic carboxylic acids is 1. The molecule has 0 bridgehead atoms. The molecule has 1 saturated carbocycles. The van der Waals surface area contributed by atoms with Crippen LogP contribution in [-0.2, 0) is 28.5 Å². The van der Waals surface area contributed by atoms with Crippen molar-refractivity contribution in [2.24, 2.45) is 5.92 Å². The van der Waals surface area contributed by atoms with Crippen molar-refractivity contribution in [3.05, 3.63) is 11.6 Å². The van der Waals surface area contributed by atoms with Gasteiger partial charge in [0, 0.05) is 7.11 Å². The standard InChI is InChI=1S/C22H33NO8/c1-13(2)5-6-16-21(3,31-16)19-18(27-4)15(7-8-22(19)12-29-22)30-20(26)23-9-14(10-23)28-11-17(24)25/h5,14-16,18-19H,6-12H2,1-4H3,(H,24,25)/t15-,16-,18-,19-,21+,22+/m1/s1. The number of carbonyl (C=O) groups is 2. The van der Waals surface area contributed by atoms with E-state index in [2.05, 4.69) is 26.8 Å². The third-order valence-corrected chi connectivity index (χ3v) is 7.04. The van der Waals surface area contributed by atoms with E-state index in [1.165, 1.54) is 10.5 Å². The molecule has 1 N–H and O–H groups in total. The predicted octanol–water partition coefficient (Wildman–Crippen LogP) is 1.98. The molecule has 0 unspecified atom stereocenters. The van der Waals surface area contributed by atoms with Gasteiger partial charge in [0.15, 0.2) is 0 Å². The summed E-state index contributed by atoms with van der Waals surface area (Å²) in [5.41, 5.74) is 0.625. The molecule has 0 aromatic carbocycles. The highest BCUT2D eigenvalue weighted by atomic mass is 16.6. The summed E-state index contributed by atoms with van der Waals surface area (Å²) in [5.74, 6) is -1.04. The lowest BCUT2D eigenvalue weighted by Gasteiger charge is -2.44. The van der Waals surface area contributed by atoms with Crippen LogP contribution in [0, 0.1) is 5.92 Å². The SMILES string of the molecule is CO[C@@H]1[C@H](OC(=O)N2CC(OCC(=O)O)C2)CC[C@]2(CO2)[C@H]1[C@@]1(C)O[C@@H]1CC=C(C)C. The van der Waals surface area contributed by atoms with Gasteiger partial charge in [-0.15, -0.1) is 0 Å². The maximum absolute atomic E-state index is 12.6. The third kappa shape index (κ3) is 4.46. The Morgan fingerprint density at radius 2 is 2.00 bits per heavy atom. The van der Waals surface area contributed by atoms with Crippen LogP contribution in [0.15, 0.2) is 11.6 Å². The van der Waals surface area contributed by atoms with Gasteiger partial charge in [0.2, 0.25) is 0 Å². The van der Waals surface area contributed by atoms with Crippen LogP contribution in [0.4, 0.5) is 4.79 Å². The number of amides is 1. The van der Waals surface area contributed by atoms with Crippen molar-refractivity contribution in [1.82, 2.24) is 4.90 Å². The zero-order valence-corrected chi connectivity index (χ0v) is 18.7. The number of methoxy groups -OCH3 is 1. The molecule has 1 amide bonds. The van der Waals surface area contributed by atoms with E-state index in [0.717, 1.165) is 12.8 Å². The molecule has 31 heavy (non-hydrogen) atoms. The predicted molar refractivity (Wildman–Crippen MR) is 109 cm³/mol. The molecule has 1 spiro atoms. The fraction of sp³-hybridized carbons (Fsp3) is 0.818. The zero-order chi connectivity index (χ0) is 22.4. The molecule has 0 aromatic heterocycles. The number of nitrogens with zero attached hydrogens (tertiary/aromatic N) is 1. The summed E-state index contributed by atoms with van der Waals surface area (Å²) in [6, 6.07) is 0. The van der Waals surface area contributed by atoms with Crippen LogP contribution in [-0.4, -0.2) is 91.1 Å². The first-order valence-electron chi connectivity index (χ1n) is 11.0. The lowest BCUT2D eigenvalue weighted by Crippen LogP contribution is -2.59. The number of carboxylic acids is 1. The molecular formula is C22H33NO8.